The summed E-state index contributed by atoms with van der Waals surface area (Å²) in [4.78, 5) is 33.8. The Balaban J connectivity index is 1.39. The molecule has 0 aromatic carbocycles. The molecule has 3 aromatic heterocycles. The second-order valence-corrected chi connectivity index (χ2v) is 9.75. The minimum atomic E-state index is -2.69. The van der Waals surface area contributed by atoms with Gasteiger partial charge in [0, 0.05) is 32.0 Å². The van der Waals surface area contributed by atoms with Gasteiger partial charge in [-0.15, -0.1) is 0 Å². The highest BCUT2D eigenvalue weighted by molar-refractivity contribution is 5.69. The zero-order valence-corrected chi connectivity index (χ0v) is 19.4. The summed E-state index contributed by atoms with van der Waals surface area (Å²) in [5.41, 5.74) is 0.0626. The lowest BCUT2D eigenvalue weighted by Crippen LogP contribution is -2.51. The Morgan fingerprint density at radius 2 is 1.94 bits per heavy atom. The third kappa shape index (κ3) is 4.26. The molecule has 11 heteroatoms. The summed E-state index contributed by atoms with van der Waals surface area (Å²) in [6.07, 6.45) is 4.73. The van der Waals surface area contributed by atoms with Crippen molar-refractivity contribution < 1.29 is 18.3 Å². The van der Waals surface area contributed by atoms with Crippen LogP contribution < -0.4 is 4.90 Å². The van der Waals surface area contributed by atoms with Crippen molar-refractivity contribution in [3.8, 4) is 11.5 Å². The van der Waals surface area contributed by atoms with Crippen LogP contribution in [-0.2, 0) is 4.74 Å². The van der Waals surface area contributed by atoms with Crippen LogP contribution in [0.4, 0.5) is 19.4 Å². The van der Waals surface area contributed by atoms with Crippen molar-refractivity contribution in [3.05, 3.63) is 36.5 Å². The fraction of sp³-hybridized carbons (Fsp3) is 0.522. The van der Waals surface area contributed by atoms with Crippen LogP contribution in [0, 0.1) is 5.92 Å². The zero-order chi connectivity index (χ0) is 24.0. The minimum absolute atomic E-state index is 0.0532. The Hall–Kier alpha value is -3.37. The van der Waals surface area contributed by atoms with Gasteiger partial charge in [0.1, 0.15) is 22.8 Å². The Morgan fingerprint density at radius 1 is 1.15 bits per heavy atom. The number of aromatic nitrogens is 5. The number of imidazole rings is 1. The van der Waals surface area contributed by atoms with Gasteiger partial charge < -0.3 is 14.5 Å². The van der Waals surface area contributed by atoms with Crippen LogP contribution in [-0.4, -0.2) is 66.6 Å². The largest absolute Gasteiger partial charge is 0.444 e. The number of piperidine rings is 1. The van der Waals surface area contributed by atoms with Crippen molar-refractivity contribution in [2.24, 2.45) is 5.92 Å². The lowest BCUT2D eigenvalue weighted by Gasteiger charge is -2.39. The van der Waals surface area contributed by atoms with Crippen molar-refractivity contribution in [1.82, 2.24) is 29.2 Å². The predicted molar refractivity (Wildman–Crippen MR) is 121 cm³/mol. The maximum atomic E-state index is 13.2. The van der Waals surface area contributed by atoms with Crippen LogP contribution in [0.3, 0.4) is 0 Å². The van der Waals surface area contributed by atoms with Gasteiger partial charge in [0.2, 0.25) is 0 Å². The van der Waals surface area contributed by atoms with Gasteiger partial charge in [-0.05, 0) is 45.6 Å². The third-order valence-corrected chi connectivity index (χ3v) is 6.32. The number of likely N-dealkylation sites (tertiary alicyclic amines) is 1. The van der Waals surface area contributed by atoms with Gasteiger partial charge in [-0.2, -0.15) is 0 Å². The maximum Gasteiger partial charge on any atom is 0.410 e. The van der Waals surface area contributed by atoms with E-state index in [2.05, 4.69) is 19.9 Å². The van der Waals surface area contributed by atoms with Gasteiger partial charge >= 0.3 is 6.09 Å². The summed E-state index contributed by atoms with van der Waals surface area (Å²) in [5.74, 6) is 1.54. The molecule has 0 saturated carbocycles. The molecule has 0 N–H and O–H groups in total. The number of rotatable bonds is 3. The number of carbonyl (C=O) groups excluding carboxylic acids is 1. The molecule has 5 heterocycles. The van der Waals surface area contributed by atoms with E-state index in [1.807, 2.05) is 31.7 Å². The normalized spacial score (nSPS) is 20.8. The lowest BCUT2D eigenvalue weighted by molar-refractivity contribution is 0.0203. The summed E-state index contributed by atoms with van der Waals surface area (Å²) in [5, 5.41) is 0. The molecular weight excluding hydrogens is 444 g/mol. The van der Waals surface area contributed by atoms with Gasteiger partial charge in [-0.1, -0.05) is 0 Å². The maximum absolute atomic E-state index is 13.2. The average molecular weight is 472 g/mol. The van der Waals surface area contributed by atoms with E-state index in [0.717, 1.165) is 25.2 Å². The summed E-state index contributed by atoms with van der Waals surface area (Å²) in [7, 11) is 0. The number of nitrogens with zero attached hydrogens (tertiary/aromatic N) is 7. The first-order valence-corrected chi connectivity index (χ1v) is 11.4. The van der Waals surface area contributed by atoms with E-state index in [-0.39, 0.29) is 17.8 Å². The van der Waals surface area contributed by atoms with Gasteiger partial charge in [-0.25, -0.2) is 33.5 Å². The van der Waals surface area contributed by atoms with E-state index in [9.17, 15) is 13.6 Å². The summed E-state index contributed by atoms with van der Waals surface area (Å²) >= 11 is 0. The monoisotopic (exact) mass is 471 g/mol. The van der Waals surface area contributed by atoms with Crippen LogP contribution in [0.2, 0.25) is 0 Å². The summed E-state index contributed by atoms with van der Waals surface area (Å²) in [6, 6.07) is 1.88. The highest BCUT2D eigenvalue weighted by Crippen LogP contribution is 2.34. The first kappa shape index (κ1) is 22.4. The zero-order valence-electron chi connectivity index (χ0n) is 19.4. The number of fused-ring (bicyclic) bond motifs is 2. The van der Waals surface area contributed by atoms with Gasteiger partial charge in [-0.3, -0.25) is 4.40 Å². The molecule has 2 aliphatic rings. The summed E-state index contributed by atoms with van der Waals surface area (Å²) < 4.78 is 33.5. The fourth-order valence-corrected chi connectivity index (χ4v) is 4.73. The van der Waals surface area contributed by atoms with E-state index < -0.39 is 12.0 Å². The second kappa shape index (κ2) is 8.44. The molecule has 1 amide bonds. The van der Waals surface area contributed by atoms with Gasteiger partial charge in [0.25, 0.3) is 6.43 Å². The van der Waals surface area contributed by atoms with Crippen molar-refractivity contribution >= 4 is 17.6 Å². The lowest BCUT2D eigenvalue weighted by atomic mass is 9.92. The van der Waals surface area contributed by atoms with E-state index in [1.165, 1.54) is 16.8 Å². The van der Waals surface area contributed by atoms with Crippen LogP contribution >= 0.6 is 0 Å². The first-order chi connectivity index (χ1) is 16.2. The average Bonchev–Trinajstić information content (AvgIpc) is 3.41. The number of hydrogen-bond acceptors (Lipinski definition) is 7. The van der Waals surface area contributed by atoms with Crippen molar-refractivity contribution in [1.29, 1.82) is 0 Å². The Morgan fingerprint density at radius 3 is 2.71 bits per heavy atom. The van der Waals surface area contributed by atoms with Crippen LogP contribution in [0.1, 0.15) is 45.7 Å². The van der Waals surface area contributed by atoms with E-state index in [1.54, 1.807) is 12.4 Å². The first-order valence-electron chi connectivity index (χ1n) is 11.4. The van der Waals surface area contributed by atoms with Gasteiger partial charge in [0.05, 0.1) is 18.4 Å². The molecule has 2 aliphatic heterocycles. The molecule has 0 radical (unpaired) electrons. The molecule has 3 aromatic rings. The molecule has 34 heavy (non-hydrogen) atoms. The highest BCUT2D eigenvalue weighted by Gasteiger charge is 2.42. The molecule has 9 nitrogen and oxygen atoms in total. The van der Waals surface area contributed by atoms with Crippen LogP contribution in [0.15, 0.2) is 30.9 Å². The Kier molecular flexibility index (Phi) is 5.57. The second-order valence-electron chi connectivity index (χ2n) is 9.75. The smallest absolute Gasteiger partial charge is 0.410 e. The van der Waals surface area contributed by atoms with Crippen LogP contribution in [0.5, 0.6) is 0 Å². The molecule has 2 atom stereocenters. The fourth-order valence-electron chi connectivity index (χ4n) is 4.73. The van der Waals surface area contributed by atoms with E-state index in [0.29, 0.717) is 36.2 Å². The van der Waals surface area contributed by atoms with Crippen molar-refractivity contribution in [2.45, 2.75) is 51.7 Å². The molecule has 2 fully saturated rings. The predicted octanol–water partition coefficient (Wildman–Crippen LogP) is 3.96. The number of carbonyl (C=O) groups is 1. The molecule has 5 rings (SSSR count). The highest BCUT2D eigenvalue weighted by atomic mass is 19.3. The van der Waals surface area contributed by atoms with Crippen molar-refractivity contribution in [2.75, 3.05) is 24.5 Å². The molecule has 0 spiro atoms. The number of hydrogen-bond donors (Lipinski definition) is 0. The standard InChI is InChI=1S/C23H27F2N7O2/c1-23(2,3)34-22(33)31-9-6-14-5-8-30(13-17(14)31)18-4-7-26-21(29-18)16-10-28-19-11-27-15(20(24)25)12-32(16)19/h4,7,10-12,14,17,20H,5-6,8-9,13H2,1-3H3. The quantitative estimate of drug-likeness (QED) is 0.571. The number of anilines is 1. The molecular formula is C23H27F2N7O2. The number of ether oxygens (including phenoxy) is 1. The number of amides is 1. The summed E-state index contributed by atoms with van der Waals surface area (Å²) in [6.45, 7) is 7.76. The molecule has 0 bridgehead atoms. The van der Waals surface area contributed by atoms with E-state index in [4.69, 9.17) is 9.72 Å². The molecule has 2 saturated heterocycles. The molecule has 0 aliphatic carbocycles. The van der Waals surface area contributed by atoms with Gasteiger partial charge in [0.15, 0.2) is 11.5 Å². The Bertz CT molecular complexity index is 1210. The molecule has 2 unspecified atom stereocenters. The molecule has 180 valence electrons. The van der Waals surface area contributed by atoms with Crippen LogP contribution in [0.25, 0.3) is 17.2 Å². The van der Waals surface area contributed by atoms with Crippen molar-refractivity contribution in [3.63, 3.8) is 0 Å². The number of alkyl halides is 2. The number of halogens is 2. The SMILES string of the molecule is CC(C)(C)OC(=O)N1CCC2CCN(c3ccnc(-c4cnc5cnc(C(F)F)cn45)n3)CC21. The Labute approximate surface area is 195 Å². The topological polar surface area (TPSA) is 88.8 Å². The van der Waals surface area contributed by atoms with E-state index >= 15 is 0 Å². The third-order valence-electron chi connectivity index (χ3n) is 6.32. The minimum Gasteiger partial charge on any atom is -0.444 e.